The van der Waals surface area contributed by atoms with Crippen LogP contribution in [0.3, 0.4) is 0 Å². The lowest BCUT2D eigenvalue weighted by molar-refractivity contribution is -0.384. The molecule has 18 heavy (non-hydrogen) atoms. The summed E-state index contributed by atoms with van der Waals surface area (Å²) in [4.78, 5) is 15.6. The van der Waals surface area contributed by atoms with Gasteiger partial charge in [-0.1, -0.05) is 0 Å². The van der Waals surface area contributed by atoms with E-state index in [9.17, 15) is 10.1 Å². The van der Waals surface area contributed by atoms with E-state index < -0.39 is 4.92 Å². The van der Waals surface area contributed by atoms with Crippen LogP contribution in [0.25, 0.3) is 11.5 Å². The molecule has 2 aromatic heterocycles. The van der Waals surface area contributed by atoms with Gasteiger partial charge in [0, 0.05) is 18.3 Å². The SMILES string of the molecule is CC(C)(C)n1nnc(-c2cc([N+](=O)[O-])ccn2)n1. The second-order valence-electron chi connectivity index (χ2n) is 4.73. The highest BCUT2D eigenvalue weighted by molar-refractivity contribution is 5.52. The number of nitro groups is 1. The summed E-state index contributed by atoms with van der Waals surface area (Å²) in [6.07, 6.45) is 1.35. The summed E-state index contributed by atoms with van der Waals surface area (Å²) in [5.74, 6) is 0.272. The van der Waals surface area contributed by atoms with E-state index in [4.69, 9.17) is 0 Å². The van der Waals surface area contributed by atoms with Crippen molar-refractivity contribution < 1.29 is 4.92 Å². The van der Waals surface area contributed by atoms with E-state index in [1.165, 1.54) is 23.1 Å². The number of aromatic nitrogens is 5. The molecule has 0 atom stereocenters. The fourth-order valence-corrected chi connectivity index (χ4v) is 1.26. The zero-order valence-corrected chi connectivity index (χ0v) is 10.2. The van der Waals surface area contributed by atoms with Crippen LogP contribution in [0, 0.1) is 10.1 Å². The zero-order valence-electron chi connectivity index (χ0n) is 10.2. The Hall–Kier alpha value is -2.38. The largest absolute Gasteiger partial charge is 0.273 e. The number of nitrogens with zero attached hydrogens (tertiary/aromatic N) is 6. The Morgan fingerprint density at radius 1 is 1.39 bits per heavy atom. The fraction of sp³-hybridized carbons (Fsp3) is 0.400. The summed E-state index contributed by atoms with van der Waals surface area (Å²) in [5.41, 5.74) is -0.0156. The molecule has 2 heterocycles. The van der Waals surface area contributed by atoms with Gasteiger partial charge in [-0.05, 0) is 26.0 Å². The Morgan fingerprint density at radius 3 is 2.67 bits per heavy atom. The van der Waals surface area contributed by atoms with Crippen LogP contribution < -0.4 is 0 Å². The van der Waals surface area contributed by atoms with Crippen molar-refractivity contribution in [2.24, 2.45) is 0 Å². The van der Waals surface area contributed by atoms with Crippen LogP contribution in [0.4, 0.5) is 5.69 Å². The zero-order chi connectivity index (χ0) is 13.3. The number of pyridine rings is 1. The highest BCUT2D eigenvalue weighted by atomic mass is 16.6. The van der Waals surface area contributed by atoms with E-state index in [0.717, 1.165) is 0 Å². The van der Waals surface area contributed by atoms with Gasteiger partial charge in [0.2, 0.25) is 5.82 Å². The highest BCUT2D eigenvalue weighted by Gasteiger charge is 2.19. The molecule has 0 aliphatic rings. The van der Waals surface area contributed by atoms with Gasteiger partial charge in [0.15, 0.2) is 0 Å². The number of hydrogen-bond donors (Lipinski definition) is 0. The number of tetrazole rings is 1. The van der Waals surface area contributed by atoms with Crippen molar-refractivity contribution in [3.8, 4) is 11.5 Å². The Labute approximate surface area is 103 Å². The van der Waals surface area contributed by atoms with Crippen LogP contribution in [-0.2, 0) is 5.54 Å². The van der Waals surface area contributed by atoms with Gasteiger partial charge in [-0.3, -0.25) is 15.1 Å². The summed E-state index contributed by atoms with van der Waals surface area (Å²) < 4.78 is 0. The smallest absolute Gasteiger partial charge is 0.258 e. The van der Waals surface area contributed by atoms with Crippen molar-refractivity contribution in [2.45, 2.75) is 26.3 Å². The summed E-state index contributed by atoms with van der Waals surface area (Å²) in [7, 11) is 0. The standard InChI is InChI=1S/C10H12N6O2/c1-10(2,3)16-13-9(12-14-16)8-6-7(15(17)18)4-5-11-8/h4-6H,1-3H3. The first-order valence-electron chi connectivity index (χ1n) is 5.29. The third-order valence-corrected chi connectivity index (χ3v) is 2.20. The quantitative estimate of drug-likeness (QED) is 0.588. The first-order chi connectivity index (χ1) is 8.38. The Balaban J connectivity index is 2.40. The molecule has 0 N–H and O–H groups in total. The van der Waals surface area contributed by atoms with E-state index in [1.54, 1.807) is 0 Å². The van der Waals surface area contributed by atoms with Gasteiger partial charge in [-0.25, -0.2) is 0 Å². The molecule has 0 spiro atoms. The lowest BCUT2D eigenvalue weighted by atomic mass is 10.1. The molecule has 8 nitrogen and oxygen atoms in total. The Morgan fingerprint density at radius 2 is 2.11 bits per heavy atom. The predicted molar refractivity (Wildman–Crippen MR) is 62.7 cm³/mol. The van der Waals surface area contributed by atoms with Gasteiger partial charge < -0.3 is 0 Å². The van der Waals surface area contributed by atoms with Gasteiger partial charge in [0.05, 0.1) is 10.5 Å². The molecule has 0 saturated heterocycles. The van der Waals surface area contributed by atoms with Crippen molar-refractivity contribution in [1.29, 1.82) is 0 Å². The average molecular weight is 248 g/mol. The van der Waals surface area contributed by atoms with Crippen LogP contribution in [0.15, 0.2) is 18.3 Å². The van der Waals surface area contributed by atoms with Crippen molar-refractivity contribution in [3.63, 3.8) is 0 Å². The first kappa shape index (κ1) is 12.1. The third kappa shape index (κ3) is 2.31. The second kappa shape index (κ2) is 4.13. The maximum Gasteiger partial charge on any atom is 0.273 e. The van der Waals surface area contributed by atoms with E-state index in [2.05, 4.69) is 20.4 Å². The van der Waals surface area contributed by atoms with Crippen LogP contribution in [0.2, 0.25) is 0 Å². The minimum atomic E-state index is -0.487. The molecule has 8 heteroatoms. The Kier molecular flexibility index (Phi) is 2.77. The summed E-state index contributed by atoms with van der Waals surface area (Å²) in [5, 5.41) is 22.6. The van der Waals surface area contributed by atoms with E-state index >= 15 is 0 Å². The molecule has 0 radical (unpaired) electrons. The van der Waals surface area contributed by atoms with Crippen molar-refractivity contribution in [3.05, 3.63) is 28.4 Å². The van der Waals surface area contributed by atoms with Crippen LogP contribution in [0.5, 0.6) is 0 Å². The van der Waals surface area contributed by atoms with Crippen molar-refractivity contribution in [2.75, 3.05) is 0 Å². The molecule has 0 unspecified atom stereocenters. The lowest BCUT2D eigenvalue weighted by Gasteiger charge is -2.15. The van der Waals surface area contributed by atoms with Crippen molar-refractivity contribution in [1.82, 2.24) is 25.2 Å². The van der Waals surface area contributed by atoms with Gasteiger partial charge in [-0.2, -0.15) is 4.80 Å². The highest BCUT2D eigenvalue weighted by Crippen LogP contribution is 2.18. The van der Waals surface area contributed by atoms with E-state index in [0.29, 0.717) is 5.69 Å². The predicted octanol–water partition coefficient (Wildman–Crippen LogP) is 1.40. The monoisotopic (exact) mass is 248 g/mol. The van der Waals surface area contributed by atoms with E-state index in [-0.39, 0.29) is 17.1 Å². The van der Waals surface area contributed by atoms with Gasteiger partial charge >= 0.3 is 0 Å². The minimum Gasteiger partial charge on any atom is -0.258 e. The summed E-state index contributed by atoms with van der Waals surface area (Å²) in [6.45, 7) is 5.79. The molecular weight excluding hydrogens is 236 g/mol. The molecule has 0 aliphatic heterocycles. The Bertz CT molecular complexity index is 586. The topological polar surface area (TPSA) is 99.6 Å². The van der Waals surface area contributed by atoms with Crippen molar-refractivity contribution >= 4 is 5.69 Å². The van der Waals surface area contributed by atoms with Gasteiger partial charge in [0.1, 0.15) is 5.69 Å². The second-order valence-corrected chi connectivity index (χ2v) is 4.73. The fourth-order valence-electron chi connectivity index (χ4n) is 1.26. The van der Waals surface area contributed by atoms with Crippen LogP contribution in [0.1, 0.15) is 20.8 Å². The maximum absolute atomic E-state index is 10.7. The molecule has 0 fully saturated rings. The summed E-state index contributed by atoms with van der Waals surface area (Å²) in [6, 6.07) is 2.64. The molecule has 0 amide bonds. The van der Waals surface area contributed by atoms with E-state index in [1.807, 2.05) is 20.8 Å². The molecule has 0 aliphatic carbocycles. The van der Waals surface area contributed by atoms with Gasteiger partial charge in [0.25, 0.3) is 5.69 Å². The maximum atomic E-state index is 10.7. The number of hydrogen-bond acceptors (Lipinski definition) is 6. The first-order valence-corrected chi connectivity index (χ1v) is 5.29. The number of rotatable bonds is 2. The molecule has 0 bridgehead atoms. The molecule has 0 saturated carbocycles. The lowest BCUT2D eigenvalue weighted by Crippen LogP contribution is -2.24. The summed E-state index contributed by atoms with van der Waals surface area (Å²) >= 11 is 0. The normalized spacial score (nSPS) is 11.5. The van der Waals surface area contributed by atoms with Crippen LogP contribution >= 0.6 is 0 Å². The minimum absolute atomic E-state index is 0.0490. The average Bonchev–Trinajstić information content (AvgIpc) is 2.78. The molecule has 2 aromatic rings. The molecule has 0 aromatic carbocycles. The third-order valence-electron chi connectivity index (χ3n) is 2.20. The van der Waals surface area contributed by atoms with Crippen LogP contribution in [-0.4, -0.2) is 30.1 Å². The molecular formula is C10H12N6O2. The van der Waals surface area contributed by atoms with Gasteiger partial charge in [-0.15, -0.1) is 10.2 Å². The molecule has 94 valence electrons. The molecule has 2 rings (SSSR count).